The maximum absolute atomic E-state index is 8.76. The van der Waals surface area contributed by atoms with Crippen molar-refractivity contribution in [2.45, 2.75) is 26.2 Å². The van der Waals surface area contributed by atoms with E-state index in [1.807, 2.05) is 13.0 Å². The zero-order valence-electron chi connectivity index (χ0n) is 9.65. The van der Waals surface area contributed by atoms with Crippen LogP contribution in [0.15, 0.2) is 6.08 Å². The summed E-state index contributed by atoms with van der Waals surface area (Å²) in [6, 6.07) is 0. The fourth-order valence-corrected chi connectivity index (χ4v) is 2.98. The van der Waals surface area contributed by atoms with Crippen LogP contribution in [0.4, 0.5) is 5.13 Å². The summed E-state index contributed by atoms with van der Waals surface area (Å²) in [5.74, 6) is 0. The third-order valence-electron chi connectivity index (χ3n) is 2.82. The summed E-state index contributed by atoms with van der Waals surface area (Å²) in [7, 11) is 0. The molecule has 1 aliphatic rings. The second-order valence-electron chi connectivity index (χ2n) is 4.08. The summed E-state index contributed by atoms with van der Waals surface area (Å²) in [6.45, 7) is 4.39. The topological polar surface area (TPSA) is 36.4 Å². The molecule has 0 bridgehead atoms. The van der Waals surface area contributed by atoms with E-state index >= 15 is 0 Å². The largest absolute Gasteiger partial charge is 0.392 e. The van der Waals surface area contributed by atoms with Crippen molar-refractivity contribution in [2.24, 2.45) is 0 Å². The lowest BCUT2D eigenvalue weighted by Gasteiger charge is -2.25. The molecule has 0 spiro atoms. The van der Waals surface area contributed by atoms with Gasteiger partial charge in [-0.15, -0.1) is 0 Å². The summed E-state index contributed by atoms with van der Waals surface area (Å²) < 4.78 is 0. The Balaban J connectivity index is 2.12. The van der Waals surface area contributed by atoms with Gasteiger partial charge in [-0.05, 0) is 32.3 Å². The van der Waals surface area contributed by atoms with Crippen LogP contribution in [-0.4, -0.2) is 29.8 Å². The second kappa shape index (κ2) is 5.46. The number of aliphatic hydroxyl groups is 1. The molecule has 88 valence electrons. The Kier molecular flexibility index (Phi) is 3.96. The quantitative estimate of drug-likeness (QED) is 0.878. The van der Waals surface area contributed by atoms with Gasteiger partial charge in [-0.1, -0.05) is 17.4 Å². The van der Waals surface area contributed by atoms with Gasteiger partial charge in [-0.2, -0.15) is 0 Å². The van der Waals surface area contributed by atoms with Gasteiger partial charge in [0.25, 0.3) is 0 Å². The number of aliphatic hydroxyl groups excluding tert-OH is 1. The van der Waals surface area contributed by atoms with Crippen molar-refractivity contribution >= 4 is 22.5 Å². The molecule has 1 N–H and O–H groups in total. The molecule has 1 saturated heterocycles. The van der Waals surface area contributed by atoms with Crippen LogP contribution in [-0.2, 0) is 0 Å². The maximum Gasteiger partial charge on any atom is 0.186 e. The molecule has 3 nitrogen and oxygen atoms in total. The average molecular weight is 238 g/mol. The summed E-state index contributed by atoms with van der Waals surface area (Å²) in [4.78, 5) is 8.13. The third kappa shape index (κ3) is 2.62. The van der Waals surface area contributed by atoms with E-state index in [0.29, 0.717) is 0 Å². The van der Waals surface area contributed by atoms with Crippen LogP contribution < -0.4 is 4.90 Å². The number of hydrogen-bond acceptors (Lipinski definition) is 4. The number of aryl methyl sites for hydroxylation is 1. The van der Waals surface area contributed by atoms with E-state index in [1.54, 1.807) is 17.4 Å². The normalized spacial score (nSPS) is 17.2. The predicted octanol–water partition coefficient (Wildman–Crippen LogP) is 2.45. The summed E-state index contributed by atoms with van der Waals surface area (Å²) >= 11 is 1.72. The first-order chi connectivity index (χ1) is 7.81. The van der Waals surface area contributed by atoms with Crippen LogP contribution in [0.3, 0.4) is 0 Å². The number of thiazole rings is 1. The van der Waals surface area contributed by atoms with Crippen molar-refractivity contribution in [2.75, 3.05) is 24.6 Å². The molecule has 0 aliphatic carbocycles. The molecule has 2 heterocycles. The lowest BCUT2D eigenvalue weighted by Crippen LogP contribution is -2.29. The lowest BCUT2D eigenvalue weighted by molar-refractivity contribution is 0.343. The van der Waals surface area contributed by atoms with Gasteiger partial charge in [0.1, 0.15) is 0 Å². The van der Waals surface area contributed by atoms with Crippen LogP contribution in [0.1, 0.15) is 29.8 Å². The summed E-state index contributed by atoms with van der Waals surface area (Å²) in [6.07, 6.45) is 7.62. The van der Waals surface area contributed by atoms with Crippen molar-refractivity contribution in [3.63, 3.8) is 0 Å². The molecular formula is C12H18N2OS. The molecule has 0 aromatic carbocycles. The van der Waals surface area contributed by atoms with Crippen molar-refractivity contribution in [1.29, 1.82) is 0 Å². The lowest BCUT2D eigenvalue weighted by atomic mass is 10.1. The zero-order chi connectivity index (χ0) is 11.4. The van der Waals surface area contributed by atoms with Crippen LogP contribution in [0, 0.1) is 6.92 Å². The van der Waals surface area contributed by atoms with Gasteiger partial charge in [-0.3, -0.25) is 0 Å². The fraction of sp³-hybridized carbons (Fsp3) is 0.583. The Morgan fingerprint density at radius 2 is 2.12 bits per heavy atom. The second-order valence-corrected chi connectivity index (χ2v) is 5.09. The molecule has 0 atom stereocenters. The summed E-state index contributed by atoms with van der Waals surface area (Å²) in [5, 5.41) is 9.90. The molecule has 1 aromatic heterocycles. The van der Waals surface area contributed by atoms with Gasteiger partial charge in [0.2, 0.25) is 0 Å². The third-order valence-corrected chi connectivity index (χ3v) is 4.01. The van der Waals surface area contributed by atoms with Crippen LogP contribution >= 0.6 is 11.3 Å². The first kappa shape index (κ1) is 11.6. The van der Waals surface area contributed by atoms with E-state index in [1.165, 1.54) is 19.3 Å². The molecule has 0 unspecified atom stereocenters. The minimum absolute atomic E-state index is 0.0936. The Hall–Kier alpha value is -0.870. The molecule has 0 saturated carbocycles. The molecule has 16 heavy (non-hydrogen) atoms. The van der Waals surface area contributed by atoms with Gasteiger partial charge < -0.3 is 10.0 Å². The molecule has 0 amide bonds. The van der Waals surface area contributed by atoms with Gasteiger partial charge in [-0.25, -0.2) is 4.98 Å². The van der Waals surface area contributed by atoms with Crippen LogP contribution in [0.25, 0.3) is 6.08 Å². The van der Waals surface area contributed by atoms with Crippen molar-refractivity contribution in [3.8, 4) is 0 Å². The van der Waals surface area contributed by atoms with Crippen LogP contribution in [0.5, 0.6) is 0 Å². The molecule has 2 rings (SSSR count). The first-order valence-corrected chi connectivity index (χ1v) is 6.62. The number of aromatic nitrogens is 1. The monoisotopic (exact) mass is 238 g/mol. The molecule has 0 radical (unpaired) electrons. The molecule has 4 heteroatoms. The minimum atomic E-state index is 0.0936. The van der Waals surface area contributed by atoms with Gasteiger partial charge in [0.05, 0.1) is 17.2 Å². The highest BCUT2D eigenvalue weighted by Crippen LogP contribution is 2.28. The number of rotatable bonds is 3. The number of piperidine rings is 1. The van der Waals surface area contributed by atoms with E-state index in [4.69, 9.17) is 5.11 Å². The van der Waals surface area contributed by atoms with E-state index < -0.39 is 0 Å². The SMILES string of the molecule is Cc1nc(N2CCCCC2)sc1C=CCO. The van der Waals surface area contributed by atoms with E-state index in [-0.39, 0.29) is 6.61 Å². The van der Waals surface area contributed by atoms with E-state index in [9.17, 15) is 0 Å². The number of nitrogens with zero attached hydrogens (tertiary/aromatic N) is 2. The number of anilines is 1. The van der Waals surface area contributed by atoms with Gasteiger partial charge in [0.15, 0.2) is 5.13 Å². The Morgan fingerprint density at radius 1 is 1.38 bits per heavy atom. The van der Waals surface area contributed by atoms with Crippen molar-refractivity contribution < 1.29 is 5.11 Å². The van der Waals surface area contributed by atoms with Crippen LogP contribution in [0.2, 0.25) is 0 Å². The minimum Gasteiger partial charge on any atom is -0.392 e. The molecule has 1 aliphatic heterocycles. The highest BCUT2D eigenvalue weighted by Gasteiger charge is 2.15. The molecular weight excluding hydrogens is 220 g/mol. The smallest absolute Gasteiger partial charge is 0.186 e. The fourth-order valence-electron chi connectivity index (χ4n) is 1.93. The van der Waals surface area contributed by atoms with Crippen molar-refractivity contribution in [1.82, 2.24) is 4.98 Å². The Bertz CT molecular complexity index is 367. The Morgan fingerprint density at radius 3 is 2.81 bits per heavy atom. The number of hydrogen-bond donors (Lipinski definition) is 1. The van der Waals surface area contributed by atoms with E-state index in [2.05, 4.69) is 9.88 Å². The van der Waals surface area contributed by atoms with E-state index in [0.717, 1.165) is 28.8 Å². The summed E-state index contributed by atoms with van der Waals surface area (Å²) in [5.41, 5.74) is 1.07. The first-order valence-electron chi connectivity index (χ1n) is 5.81. The zero-order valence-corrected chi connectivity index (χ0v) is 10.5. The standard InChI is InChI=1S/C12H18N2OS/c1-10-11(6-5-9-15)16-12(13-10)14-7-3-2-4-8-14/h5-6,15H,2-4,7-9H2,1H3. The average Bonchev–Trinajstić information content (AvgIpc) is 2.69. The van der Waals surface area contributed by atoms with Gasteiger partial charge >= 0.3 is 0 Å². The predicted molar refractivity (Wildman–Crippen MR) is 69.0 cm³/mol. The highest BCUT2D eigenvalue weighted by atomic mass is 32.1. The maximum atomic E-state index is 8.76. The highest BCUT2D eigenvalue weighted by molar-refractivity contribution is 7.16. The molecule has 1 fully saturated rings. The van der Waals surface area contributed by atoms with Crippen molar-refractivity contribution in [3.05, 3.63) is 16.6 Å². The molecule has 1 aromatic rings. The van der Waals surface area contributed by atoms with Gasteiger partial charge in [0, 0.05) is 13.1 Å². The Labute approximate surface area is 100 Å².